The Labute approximate surface area is 212 Å². The fourth-order valence-corrected chi connectivity index (χ4v) is 3.96. The van der Waals surface area contributed by atoms with Crippen molar-refractivity contribution in [1.82, 2.24) is 5.01 Å². The van der Waals surface area contributed by atoms with Gasteiger partial charge in [0.15, 0.2) is 0 Å². The molecule has 0 spiro atoms. The largest absolute Gasteiger partial charge is 0.508 e. The number of benzene rings is 2. The Morgan fingerprint density at radius 1 is 1.22 bits per heavy atom. The van der Waals surface area contributed by atoms with Crippen molar-refractivity contribution in [2.24, 2.45) is 10.3 Å². The Kier molecular flexibility index (Phi) is 8.34. The molecule has 0 saturated heterocycles. The van der Waals surface area contributed by atoms with Crippen LogP contribution in [0.15, 0.2) is 94.6 Å². The number of hydrogen-bond donors (Lipinski definition) is 2. The van der Waals surface area contributed by atoms with Crippen molar-refractivity contribution >= 4 is 0 Å². The molecule has 0 radical (unpaired) electrons. The Balaban J connectivity index is 2.00. The lowest BCUT2D eigenvalue weighted by Crippen LogP contribution is -2.29. The lowest BCUT2D eigenvalue weighted by Gasteiger charge is -2.32. The predicted molar refractivity (Wildman–Crippen MR) is 140 cm³/mol. The van der Waals surface area contributed by atoms with Crippen LogP contribution >= 0.6 is 0 Å². The van der Waals surface area contributed by atoms with Gasteiger partial charge >= 0.3 is 0 Å². The number of nitrogens with zero attached hydrogens (tertiary/aromatic N) is 4. The van der Waals surface area contributed by atoms with Crippen LogP contribution in [0.2, 0.25) is 0 Å². The number of aromatic hydroxyl groups is 2. The van der Waals surface area contributed by atoms with Crippen molar-refractivity contribution in [2.45, 2.75) is 46.2 Å². The number of allylic oxidation sites excluding steroid dienone is 5. The van der Waals surface area contributed by atoms with Crippen LogP contribution in [-0.4, -0.2) is 21.8 Å². The molecule has 36 heavy (non-hydrogen) atoms. The normalized spacial score (nSPS) is 18.0. The molecule has 7 nitrogen and oxygen atoms in total. The van der Waals surface area contributed by atoms with E-state index in [0.29, 0.717) is 35.4 Å². The van der Waals surface area contributed by atoms with Gasteiger partial charge in [-0.1, -0.05) is 49.1 Å². The number of nitriles is 1. The van der Waals surface area contributed by atoms with Crippen LogP contribution in [0, 0.1) is 11.3 Å². The van der Waals surface area contributed by atoms with Crippen LogP contribution in [0.25, 0.3) is 0 Å². The molecule has 0 fully saturated rings. The molecule has 1 heterocycles. The highest BCUT2D eigenvalue weighted by molar-refractivity contribution is 5.50. The molecule has 2 aromatic carbocycles. The lowest BCUT2D eigenvalue weighted by molar-refractivity contribution is 0.180. The second-order valence-corrected chi connectivity index (χ2v) is 8.69. The first kappa shape index (κ1) is 26.3. The maximum Gasteiger partial charge on any atom is 0.130 e. The van der Waals surface area contributed by atoms with E-state index in [1.807, 2.05) is 58.1 Å². The Morgan fingerprint density at radius 3 is 2.56 bits per heavy atom. The summed E-state index contributed by atoms with van der Waals surface area (Å²) in [4.78, 5) is 0. The van der Waals surface area contributed by atoms with E-state index < -0.39 is 5.54 Å². The minimum atomic E-state index is -0.968. The van der Waals surface area contributed by atoms with Crippen LogP contribution in [0.3, 0.4) is 0 Å². The molecule has 7 heteroatoms. The summed E-state index contributed by atoms with van der Waals surface area (Å²) in [5.74, 6) is 0.709. The summed E-state index contributed by atoms with van der Waals surface area (Å²) in [5, 5.41) is 40.7. The Bertz CT molecular complexity index is 1280. The van der Waals surface area contributed by atoms with Gasteiger partial charge in [0.2, 0.25) is 0 Å². The number of rotatable bonds is 9. The van der Waals surface area contributed by atoms with Gasteiger partial charge < -0.3 is 14.9 Å². The molecule has 1 aliphatic heterocycles. The number of phenols is 2. The van der Waals surface area contributed by atoms with Gasteiger partial charge in [0.1, 0.15) is 29.4 Å². The van der Waals surface area contributed by atoms with Crippen molar-refractivity contribution in [1.29, 1.82) is 5.26 Å². The SMILES string of the molecule is C=CC(/C=C\C)=C(/C)OCC1=CC(C)(c2cc(CC)c(O)cc2O)N=NN1Cc1ccc(C#N)cc1. The first-order valence-corrected chi connectivity index (χ1v) is 11.8. The predicted octanol–water partition coefficient (Wildman–Crippen LogP) is 6.57. The second-order valence-electron chi connectivity index (χ2n) is 8.69. The zero-order valence-electron chi connectivity index (χ0n) is 21.2. The molecule has 3 rings (SSSR count). The van der Waals surface area contributed by atoms with E-state index >= 15 is 0 Å². The average Bonchev–Trinajstić information content (AvgIpc) is 2.87. The summed E-state index contributed by atoms with van der Waals surface area (Å²) in [5.41, 5.74) is 3.46. The topological polar surface area (TPSA) is 101 Å². The molecule has 0 amide bonds. The Morgan fingerprint density at radius 2 is 1.94 bits per heavy atom. The van der Waals surface area contributed by atoms with Gasteiger partial charge in [-0.2, -0.15) is 10.4 Å². The zero-order valence-corrected chi connectivity index (χ0v) is 21.2. The number of hydrogen-bond acceptors (Lipinski definition) is 7. The van der Waals surface area contributed by atoms with E-state index in [9.17, 15) is 10.2 Å². The highest BCUT2D eigenvalue weighted by Gasteiger charge is 2.33. The average molecular weight is 485 g/mol. The molecule has 2 N–H and O–H groups in total. The molecule has 0 aliphatic carbocycles. The van der Waals surface area contributed by atoms with Crippen molar-refractivity contribution < 1.29 is 14.9 Å². The first-order valence-electron chi connectivity index (χ1n) is 11.8. The number of phenolic OH excluding ortho intramolecular Hbond substituents is 2. The summed E-state index contributed by atoms with van der Waals surface area (Å²) >= 11 is 0. The van der Waals surface area contributed by atoms with Crippen LogP contribution in [0.4, 0.5) is 0 Å². The highest BCUT2D eigenvalue weighted by atomic mass is 16.5. The molecule has 0 saturated carbocycles. The number of ether oxygens (including phenoxy) is 1. The minimum absolute atomic E-state index is 0.0479. The maximum absolute atomic E-state index is 10.7. The summed E-state index contributed by atoms with van der Waals surface area (Å²) in [6, 6.07) is 12.5. The fraction of sp³-hybridized carbons (Fsp3) is 0.276. The molecule has 0 bridgehead atoms. The summed E-state index contributed by atoms with van der Waals surface area (Å²) in [6.07, 6.45) is 8.12. The van der Waals surface area contributed by atoms with Gasteiger partial charge in [-0.15, -0.1) is 0 Å². The van der Waals surface area contributed by atoms with E-state index in [4.69, 9.17) is 10.00 Å². The maximum atomic E-state index is 10.7. The molecule has 1 unspecified atom stereocenters. The molecule has 2 aromatic rings. The standard InChI is InChI=1S/C29H32N4O3/c1-6-9-23(7-2)20(4)36-19-25-16-29(5,26-14-24(8-3)27(34)15-28(26)35)31-32-33(25)18-22-12-10-21(17-30)11-13-22/h6-7,9-16,34-35H,2,8,18-19H2,1,3-5H3/b9-6-,23-20+. The summed E-state index contributed by atoms with van der Waals surface area (Å²) in [6.45, 7) is 12.1. The molecule has 1 atom stereocenters. The fourth-order valence-electron chi connectivity index (χ4n) is 3.96. The summed E-state index contributed by atoms with van der Waals surface area (Å²) in [7, 11) is 0. The van der Waals surface area contributed by atoms with Crippen LogP contribution in [0.5, 0.6) is 11.5 Å². The van der Waals surface area contributed by atoms with Gasteiger partial charge in [-0.05, 0) is 62.6 Å². The third-order valence-electron chi connectivity index (χ3n) is 6.09. The van der Waals surface area contributed by atoms with Gasteiger partial charge in [-0.25, -0.2) is 5.01 Å². The zero-order chi connectivity index (χ0) is 26.3. The smallest absolute Gasteiger partial charge is 0.130 e. The molecule has 186 valence electrons. The van der Waals surface area contributed by atoms with Gasteiger partial charge in [-0.3, -0.25) is 0 Å². The van der Waals surface area contributed by atoms with E-state index in [1.54, 1.807) is 29.3 Å². The molecular weight excluding hydrogens is 452 g/mol. The van der Waals surface area contributed by atoms with Crippen molar-refractivity contribution in [3.8, 4) is 17.6 Å². The third-order valence-corrected chi connectivity index (χ3v) is 6.09. The van der Waals surface area contributed by atoms with Crippen molar-refractivity contribution in [2.75, 3.05) is 6.61 Å². The van der Waals surface area contributed by atoms with E-state index in [2.05, 4.69) is 23.0 Å². The van der Waals surface area contributed by atoms with Gasteiger partial charge in [0.05, 0.1) is 23.9 Å². The quantitative estimate of drug-likeness (QED) is 0.310. The van der Waals surface area contributed by atoms with Crippen LogP contribution < -0.4 is 0 Å². The molecule has 1 aliphatic rings. The van der Waals surface area contributed by atoms with Gasteiger partial charge in [0, 0.05) is 17.2 Å². The van der Waals surface area contributed by atoms with Gasteiger partial charge in [0.25, 0.3) is 0 Å². The molecular formula is C29H32N4O3. The lowest BCUT2D eigenvalue weighted by atomic mass is 9.88. The number of aryl methyl sites for hydroxylation is 1. The Hall–Kier alpha value is -4.31. The van der Waals surface area contributed by atoms with E-state index in [0.717, 1.165) is 16.8 Å². The summed E-state index contributed by atoms with van der Waals surface area (Å²) < 4.78 is 6.11. The monoisotopic (exact) mass is 484 g/mol. The van der Waals surface area contributed by atoms with Crippen LogP contribution in [0.1, 0.15) is 49.9 Å². The van der Waals surface area contributed by atoms with E-state index in [-0.39, 0.29) is 18.1 Å². The van der Waals surface area contributed by atoms with Crippen molar-refractivity contribution in [3.63, 3.8) is 0 Å². The third kappa shape index (κ3) is 5.84. The first-order chi connectivity index (χ1) is 17.2. The van der Waals surface area contributed by atoms with E-state index in [1.165, 1.54) is 6.07 Å². The van der Waals surface area contributed by atoms with Crippen molar-refractivity contribution in [3.05, 3.63) is 107 Å². The van der Waals surface area contributed by atoms with Crippen LogP contribution in [-0.2, 0) is 23.2 Å². The highest BCUT2D eigenvalue weighted by Crippen LogP contribution is 2.41. The molecule has 0 aromatic heterocycles. The minimum Gasteiger partial charge on any atom is -0.508 e. The second kappa shape index (κ2) is 11.4.